The van der Waals surface area contributed by atoms with Gasteiger partial charge in [0.15, 0.2) is 0 Å². The second-order valence-electron chi connectivity index (χ2n) is 4.95. The van der Waals surface area contributed by atoms with Gasteiger partial charge in [0.05, 0.1) is 4.92 Å². The van der Waals surface area contributed by atoms with E-state index in [1.165, 1.54) is 29.5 Å². The minimum atomic E-state index is -0.464. The van der Waals surface area contributed by atoms with Crippen LogP contribution in [0.25, 0.3) is 16.6 Å². The van der Waals surface area contributed by atoms with E-state index in [4.69, 9.17) is 0 Å². The average Bonchev–Trinajstić information content (AvgIpc) is 3.09. The van der Waals surface area contributed by atoms with Gasteiger partial charge in [-0.2, -0.15) is 0 Å². The third kappa shape index (κ3) is 4.33. The molecule has 124 valence electrons. The maximum absolute atomic E-state index is 11.9. The number of nitrogens with zero attached hydrogens (tertiary/aromatic N) is 3. The number of benzene rings is 2. The summed E-state index contributed by atoms with van der Waals surface area (Å²) in [6.45, 7) is 0. The Bertz CT molecular complexity index is 921. The van der Waals surface area contributed by atoms with E-state index >= 15 is 0 Å². The van der Waals surface area contributed by atoms with E-state index in [1.807, 2.05) is 30.3 Å². The number of carbonyl (C=O) groups is 1. The molecule has 3 aromatic rings. The zero-order valence-corrected chi connectivity index (χ0v) is 13.6. The number of nitro benzene ring substituents is 1. The first kappa shape index (κ1) is 16.5. The largest absolute Gasteiger partial charge is 0.297 e. The monoisotopic (exact) mass is 352 g/mol. The van der Waals surface area contributed by atoms with Crippen molar-refractivity contribution in [3.8, 4) is 10.6 Å². The summed E-state index contributed by atoms with van der Waals surface area (Å²) in [5.41, 5.74) is 1.62. The summed E-state index contributed by atoms with van der Waals surface area (Å²) >= 11 is 1.19. The number of hydrogen-bond acceptors (Lipinski definition) is 6. The molecule has 0 aliphatic rings. The molecule has 2 aromatic carbocycles. The van der Waals surface area contributed by atoms with Crippen LogP contribution in [0.4, 0.5) is 10.8 Å². The van der Waals surface area contributed by atoms with Crippen LogP contribution in [-0.4, -0.2) is 21.0 Å². The van der Waals surface area contributed by atoms with E-state index in [2.05, 4.69) is 15.5 Å². The molecular formula is C17H12N4O3S. The fraction of sp³-hybridized carbons (Fsp3) is 0. The lowest BCUT2D eigenvalue weighted by molar-refractivity contribution is -0.384. The SMILES string of the molecule is O=C(/C=C/c1ccccc1)Nc1nnc(-c2ccc([N+](=O)[O-])cc2)s1. The van der Waals surface area contributed by atoms with Crippen LogP contribution in [0.3, 0.4) is 0 Å². The molecule has 1 aromatic heterocycles. The van der Waals surface area contributed by atoms with E-state index in [0.717, 1.165) is 5.56 Å². The van der Waals surface area contributed by atoms with Crippen molar-refractivity contribution < 1.29 is 9.72 Å². The lowest BCUT2D eigenvalue weighted by Gasteiger charge is -1.96. The summed E-state index contributed by atoms with van der Waals surface area (Å²) in [4.78, 5) is 22.1. The predicted octanol–water partition coefficient (Wildman–Crippen LogP) is 3.77. The number of rotatable bonds is 5. The van der Waals surface area contributed by atoms with Gasteiger partial charge < -0.3 is 0 Å². The van der Waals surface area contributed by atoms with Gasteiger partial charge in [-0.1, -0.05) is 41.7 Å². The van der Waals surface area contributed by atoms with Gasteiger partial charge in [0.25, 0.3) is 5.69 Å². The number of non-ortho nitro benzene ring substituents is 1. The Morgan fingerprint density at radius 2 is 1.80 bits per heavy atom. The predicted molar refractivity (Wildman–Crippen MR) is 96.1 cm³/mol. The quantitative estimate of drug-likeness (QED) is 0.428. The summed E-state index contributed by atoms with van der Waals surface area (Å²) in [6, 6.07) is 15.5. The van der Waals surface area contributed by atoms with Gasteiger partial charge in [0, 0.05) is 23.8 Å². The zero-order chi connectivity index (χ0) is 17.6. The molecule has 1 N–H and O–H groups in total. The number of carbonyl (C=O) groups excluding carboxylic acids is 1. The second kappa shape index (κ2) is 7.45. The van der Waals surface area contributed by atoms with Gasteiger partial charge in [-0.15, -0.1) is 10.2 Å². The Hall–Kier alpha value is -3.39. The van der Waals surface area contributed by atoms with Crippen LogP contribution in [0.5, 0.6) is 0 Å². The molecule has 8 heteroatoms. The Morgan fingerprint density at radius 1 is 1.08 bits per heavy atom. The molecule has 0 bridgehead atoms. The fourth-order valence-corrected chi connectivity index (χ4v) is 2.75. The van der Waals surface area contributed by atoms with E-state index < -0.39 is 4.92 Å². The Morgan fingerprint density at radius 3 is 2.48 bits per heavy atom. The molecule has 7 nitrogen and oxygen atoms in total. The van der Waals surface area contributed by atoms with Crippen molar-refractivity contribution in [2.75, 3.05) is 5.32 Å². The van der Waals surface area contributed by atoms with Crippen LogP contribution in [0, 0.1) is 10.1 Å². The Kier molecular flexibility index (Phi) is 4.91. The van der Waals surface area contributed by atoms with Crippen molar-refractivity contribution in [2.45, 2.75) is 0 Å². The number of nitrogens with one attached hydrogen (secondary N) is 1. The van der Waals surface area contributed by atoms with Crippen LogP contribution in [-0.2, 0) is 4.79 Å². The summed E-state index contributed by atoms with van der Waals surface area (Å²) < 4.78 is 0. The first-order chi connectivity index (χ1) is 12.1. The van der Waals surface area contributed by atoms with Gasteiger partial charge in [0.1, 0.15) is 5.01 Å². The highest BCUT2D eigenvalue weighted by molar-refractivity contribution is 7.18. The Labute approximate surface area is 146 Å². The molecule has 0 aliphatic carbocycles. The summed E-state index contributed by atoms with van der Waals surface area (Å²) in [7, 11) is 0. The van der Waals surface area contributed by atoms with Gasteiger partial charge >= 0.3 is 0 Å². The van der Waals surface area contributed by atoms with E-state index in [1.54, 1.807) is 18.2 Å². The first-order valence-electron chi connectivity index (χ1n) is 7.24. The maximum Gasteiger partial charge on any atom is 0.269 e. The van der Waals surface area contributed by atoms with Gasteiger partial charge in [-0.25, -0.2) is 0 Å². The highest BCUT2D eigenvalue weighted by Crippen LogP contribution is 2.27. The normalized spacial score (nSPS) is 10.7. The fourth-order valence-electron chi connectivity index (χ4n) is 2.00. The highest BCUT2D eigenvalue weighted by Gasteiger charge is 2.10. The topological polar surface area (TPSA) is 98.0 Å². The minimum Gasteiger partial charge on any atom is -0.297 e. The molecule has 3 rings (SSSR count). The molecule has 0 aliphatic heterocycles. The molecule has 0 radical (unpaired) electrons. The molecule has 1 amide bonds. The number of hydrogen-bond donors (Lipinski definition) is 1. The first-order valence-corrected chi connectivity index (χ1v) is 8.06. The second-order valence-corrected chi connectivity index (χ2v) is 5.93. The number of aromatic nitrogens is 2. The lowest BCUT2D eigenvalue weighted by Crippen LogP contribution is -2.07. The van der Waals surface area contributed by atoms with Crippen molar-refractivity contribution in [2.24, 2.45) is 0 Å². The van der Waals surface area contributed by atoms with Gasteiger partial charge in [-0.05, 0) is 23.8 Å². The minimum absolute atomic E-state index is 0.00726. The molecule has 0 saturated heterocycles. The number of nitro groups is 1. The lowest BCUT2D eigenvalue weighted by atomic mass is 10.2. The van der Waals surface area contributed by atoms with Gasteiger partial charge in [0.2, 0.25) is 11.0 Å². The average molecular weight is 352 g/mol. The maximum atomic E-state index is 11.9. The zero-order valence-electron chi connectivity index (χ0n) is 12.8. The number of amides is 1. The third-order valence-electron chi connectivity index (χ3n) is 3.21. The van der Waals surface area contributed by atoms with Crippen LogP contribution < -0.4 is 5.32 Å². The third-order valence-corrected chi connectivity index (χ3v) is 4.09. The van der Waals surface area contributed by atoms with E-state index in [-0.39, 0.29) is 11.6 Å². The Balaban J connectivity index is 1.66. The molecule has 0 saturated carbocycles. The van der Waals surface area contributed by atoms with Crippen LogP contribution in [0.2, 0.25) is 0 Å². The number of anilines is 1. The van der Waals surface area contributed by atoms with Crippen molar-refractivity contribution in [3.63, 3.8) is 0 Å². The summed E-state index contributed by atoms with van der Waals surface area (Å²) in [6.07, 6.45) is 3.12. The van der Waals surface area contributed by atoms with Crippen molar-refractivity contribution in [3.05, 3.63) is 76.4 Å². The highest BCUT2D eigenvalue weighted by atomic mass is 32.1. The van der Waals surface area contributed by atoms with Crippen LogP contribution in [0.1, 0.15) is 5.56 Å². The van der Waals surface area contributed by atoms with Crippen molar-refractivity contribution in [1.82, 2.24) is 10.2 Å². The molecule has 0 fully saturated rings. The van der Waals surface area contributed by atoms with Crippen molar-refractivity contribution >= 4 is 34.1 Å². The van der Waals surface area contributed by atoms with Crippen LogP contribution in [0.15, 0.2) is 60.7 Å². The summed E-state index contributed by atoms with van der Waals surface area (Å²) in [5, 5.41) is 22.1. The smallest absolute Gasteiger partial charge is 0.269 e. The standard InChI is InChI=1S/C17H12N4O3S/c22-15(11-6-12-4-2-1-3-5-12)18-17-20-19-16(25-17)13-7-9-14(10-8-13)21(23)24/h1-11H,(H,18,20,22)/b11-6+. The molecule has 0 atom stereocenters. The van der Waals surface area contributed by atoms with Gasteiger partial charge in [-0.3, -0.25) is 20.2 Å². The van der Waals surface area contributed by atoms with E-state index in [9.17, 15) is 14.9 Å². The molecule has 0 unspecified atom stereocenters. The molecular weight excluding hydrogens is 340 g/mol. The molecule has 1 heterocycles. The molecule has 0 spiro atoms. The molecule has 25 heavy (non-hydrogen) atoms. The van der Waals surface area contributed by atoms with Crippen LogP contribution >= 0.6 is 11.3 Å². The summed E-state index contributed by atoms with van der Waals surface area (Å²) in [5.74, 6) is -0.310. The van der Waals surface area contributed by atoms with Crippen molar-refractivity contribution in [1.29, 1.82) is 0 Å². The van der Waals surface area contributed by atoms with E-state index in [0.29, 0.717) is 15.7 Å².